The quantitative estimate of drug-likeness (QED) is 0.869. The van der Waals surface area contributed by atoms with Crippen LogP contribution in [0.5, 0.6) is 0 Å². The molecule has 3 nitrogen and oxygen atoms in total. The van der Waals surface area contributed by atoms with E-state index < -0.39 is 9.84 Å². The predicted molar refractivity (Wildman–Crippen MR) is 79.6 cm³/mol. The Morgan fingerprint density at radius 1 is 1.28 bits per heavy atom. The first-order chi connectivity index (χ1) is 8.34. The number of hydrogen-bond donors (Lipinski definition) is 1. The number of sulfone groups is 1. The van der Waals surface area contributed by atoms with Gasteiger partial charge in [0.15, 0.2) is 9.84 Å². The van der Waals surface area contributed by atoms with Crippen molar-refractivity contribution in [3.05, 3.63) is 34.3 Å². The molecule has 0 fully saturated rings. The number of nitrogens with one attached hydrogen (secondary N) is 1. The van der Waals surface area contributed by atoms with Gasteiger partial charge in [-0.15, -0.1) is 0 Å². The Balaban J connectivity index is 2.83. The second-order valence-electron chi connectivity index (χ2n) is 4.53. The van der Waals surface area contributed by atoms with Crippen LogP contribution < -0.4 is 5.32 Å². The monoisotopic (exact) mass is 333 g/mol. The summed E-state index contributed by atoms with van der Waals surface area (Å²) in [5.74, 6) is 0. The standard InChI is InChI=1S/C13H20BrNO2S/c1-4-15-13(10(2)18(3,16)17)9-11-5-7-12(14)8-6-11/h5-8,10,13,15H,4,9H2,1-3H3. The molecule has 0 aromatic heterocycles. The van der Waals surface area contributed by atoms with Gasteiger partial charge >= 0.3 is 0 Å². The zero-order chi connectivity index (χ0) is 13.8. The molecular weight excluding hydrogens is 314 g/mol. The molecule has 5 heteroatoms. The van der Waals surface area contributed by atoms with Crippen LogP contribution in [0.15, 0.2) is 28.7 Å². The summed E-state index contributed by atoms with van der Waals surface area (Å²) in [5, 5.41) is 2.87. The number of benzene rings is 1. The highest BCUT2D eigenvalue weighted by Crippen LogP contribution is 2.15. The lowest BCUT2D eigenvalue weighted by Gasteiger charge is -2.23. The SMILES string of the molecule is CCNC(Cc1ccc(Br)cc1)C(C)S(C)(=O)=O. The van der Waals surface area contributed by atoms with Gasteiger partial charge in [-0.25, -0.2) is 8.42 Å². The zero-order valence-electron chi connectivity index (χ0n) is 11.0. The van der Waals surface area contributed by atoms with E-state index in [9.17, 15) is 8.42 Å². The summed E-state index contributed by atoms with van der Waals surface area (Å²) in [5.41, 5.74) is 1.14. The van der Waals surface area contributed by atoms with Crippen LogP contribution >= 0.6 is 15.9 Å². The molecule has 0 aliphatic carbocycles. The maximum atomic E-state index is 11.6. The number of likely N-dealkylation sites (N-methyl/N-ethyl adjacent to an activating group) is 1. The van der Waals surface area contributed by atoms with Crippen LogP contribution in [0.4, 0.5) is 0 Å². The Morgan fingerprint density at radius 3 is 2.28 bits per heavy atom. The first-order valence-electron chi connectivity index (χ1n) is 6.01. The van der Waals surface area contributed by atoms with Crippen molar-refractivity contribution in [2.45, 2.75) is 31.6 Å². The highest BCUT2D eigenvalue weighted by molar-refractivity contribution is 9.10. The van der Waals surface area contributed by atoms with Crippen molar-refractivity contribution < 1.29 is 8.42 Å². The van der Waals surface area contributed by atoms with Crippen LogP contribution in [-0.4, -0.2) is 32.5 Å². The van der Waals surface area contributed by atoms with Crippen molar-refractivity contribution in [2.24, 2.45) is 0 Å². The van der Waals surface area contributed by atoms with E-state index in [1.165, 1.54) is 6.26 Å². The third-order valence-electron chi connectivity index (χ3n) is 3.08. The van der Waals surface area contributed by atoms with Crippen LogP contribution in [-0.2, 0) is 16.3 Å². The average molecular weight is 334 g/mol. The lowest BCUT2D eigenvalue weighted by molar-refractivity contribution is 0.494. The minimum Gasteiger partial charge on any atom is -0.313 e. The molecule has 0 heterocycles. The molecule has 0 spiro atoms. The van der Waals surface area contributed by atoms with Crippen LogP contribution in [0.1, 0.15) is 19.4 Å². The van der Waals surface area contributed by atoms with Crippen molar-refractivity contribution in [1.82, 2.24) is 5.32 Å². The van der Waals surface area contributed by atoms with Gasteiger partial charge in [0.25, 0.3) is 0 Å². The summed E-state index contributed by atoms with van der Waals surface area (Å²) >= 11 is 3.39. The zero-order valence-corrected chi connectivity index (χ0v) is 13.4. The Kier molecular flexibility index (Phi) is 5.82. The summed E-state index contributed by atoms with van der Waals surface area (Å²) in [4.78, 5) is 0. The van der Waals surface area contributed by atoms with Gasteiger partial charge in [0.1, 0.15) is 0 Å². The van der Waals surface area contributed by atoms with E-state index in [1.807, 2.05) is 31.2 Å². The summed E-state index contributed by atoms with van der Waals surface area (Å²) in [6.45, 7) is 4.52. The number of hydrogen-bond acceptors (Lipinski definition) is 3. The van der Waals surface area contributed by atoms with E-state index in [2.05, 4.69) is 21.2 Å². The fraction of sp³-hybridized carbons (Fsp3) is 0.538. The molecule has 0 saturated heterocycles. The molecule has 18 heavy (non-hydrogen) atoms. The third kappa shape index (κ3) is 4.71. The molecule has 2 unspecified atom stereocenters. The van der Waals surface area contributed by atoms with Crippen LogP contribution in [0.25, 0.3) is 0 Å². The van der Waals surface area contributed by atoms with Crippen molar-refractivity contribution in [1.29, 1.82) is 0 Å². The van der Waals surface area contributed by atoms with E-state index in [-0.39, 0.29) is 11.3 Å². The van der Waals surface area contributed by atoms with Gasteiger partial charge in [-0.05, 0) is 37.6 Å². The minimum atomic E-state index is -3.02. The molecule has 1 rings (SSSR count). The van der Waals surface area contributed by atoms with Gasteiger partial charge in [-0.1, -0.05) is 35.0 Å². The molecular formula is C13H20BrNO2S. The largest absolute Gasteiger partial charge is 0.313 e. The molecule has 0 saturated carbocycles. The first kappa shape index (κ1) is 15.7. The van der Waals surface area contributed by atoms with Crippen molar-refractivity contribution >= 4 is 25.8 Å². The van der Waals surface area contributed by atoms with Crippen LogP contribution in [0.2, 0.25) is 0 Å². The van der Waals surface area contributed by atoms with E-state index in [1.54, 1.807) is 6.92 Å². The Hall–Kier alpha value is -0.390. The Bertz CT molecular complexity index is 470. The summed E-state index contributed by atoms with van der Waals surface area (Å²) < 4.78 is 24.3. The van der Waals surface area contributed by atoms with E-state index >= 15 is 0 Å². The molecule has 1 N–H and O–H groups in total. The normalized spacial score (nSPS) is 15.3. The highest BCUT2D eigenvalue weighted by Gasteiger charge is 2.25. The van der Waals surface area contributed by atoms with E-state index in [0.717, 1.165) is 23.0 Å². The lowest BCUT2D eigenvalue weighted by atomic mass is 10.0. The maximum absolute atomic E-state index is 11.6. The third-order valence-corrected chi connectivity index (χ3v) is 5.29. The van der Waals surface area contributed by atoms with E-state index in [0.29, 0.717) is 0 Å². The molecule has 0 aliphatic heterocycles. The van der Waals surface area contributed by atoms with Gasteiger partial charge in [-0.2, -0.15) is 0 Å². The van der Waals surface area contributed by atoms with Gasteiger partial charge in [0.2, 0.25) is 0 Å². The molecule has 0 bridgehead atoms. The summed E-state index contributed by atoms with van der Waals surface area (Å²) in [6.07, 6.45) is 2.01. The second-order valence-corrected chi connectivity index (χ2v) is 7.85. The molecule has 2 atom stereocenters. The van der Waals surface area contributed by atoms with Crippen LogP contribution in [0, 0.1) is 0 Å². The predicted octanol–water partition coefficient (Wildman–Crippen LogP) is 2.40. The molecule has 0 aliphatic rings. The van der Waals surface area contributed by atoms with Gasteiger partial charge < -0.3 is 5.32 Å². The molecule has 1 aromatic carbocycles. The lowest BCUT2D eigenvalue weighted by Crippen LogP contribution is -2.43. The topological polar surface area (TPSA) is 46.2 Å². The second kappa shape index (κ2) is 6.68. The summed E-state index contributed by atoms with van der Waals surface area (Å²) in [6, 6.07) is 7.94. The molecule has 0 radical (unpaired) electrons. The van der Waals surface area contributed by atoms with Crippen molar-refractivity contribution in [2.75, 3.05) is 12.8 Å². The van der Waals surface area contributed by atoms with Crippen molar-refractivity contribution in [3.8, 4) is 0 Å². The Morgan fingerprint density at radius 2 is 1.83 bits per heavy atom. The molecule has 0 amide bonds. The fourth-order valence-electron chi connectivity index (χ4n) is 1.84. The fourth-order valence-corrected chi connectivity index (χ4v) is 2.89. The highest BCUT2D eigenvalue weighted by atomic mass is 79.9. The number of rotatable bonds is 6. The smallest absolute Gasteiger partial charge is 0.151 e. The van der Waals surface area contributed by atoms with Gasteiger partial charge in [-0.3, -0.25) is 0 Å². The molecule has 1 aromatic rings. The van der Waals surface area contributed by atoms with E-state index in [4.69, 9.17) is 0 Å². The van der Waals surface area contributed by atoms with Crippen molar-refractivity contribution in [3.63, 3.8) is 0 Å². The summed E-state index contributed by atoms with van der Waals surface area (Å²) in [7, 11) is -3.02. The van der Waals surface area contributed by atoms with Crippen LogP contribution in [0.3, 0.4) is 0 Å². The Labute approximate surface area is 118 Å². The minimum absolute atomic E-state index is 0.0498. The number of halogens is 1. The van der Waals surface area contributed by atoms with Gasteiger partial charge in [0, 0.05) is 16.8 Å². The average Bonchev–Trinajstić information content (AvgIpc) is 2.29. The first-order valence-corrected chi connectivity index (χ1v) is 8.76. The maximum Gasteiger partial charge on any atom is 0.151 e. The molecule has 102 valence electrons. The van der Waals surface area contributed by atoms with Gasteiger partial charge in [0.05, 0.1) is 5.25 Å².